The van der Waals surface area contributed by atoms with Crippen LogP contribution in [0.4, 0.5) is 5.82 Å². The van der Waals surface area contributed by atoms with E-state index in [9.17, 15) is 0 Å². The molecule has 2 aliphatic rings. The number of nitrogens with two attached hydrogens (primary N) is 1. The summed E-state index contributed by atoms with van der Waals surface area (Å²) < 4.78 is 4.78. The van der Waals surface area contributed by atoms with Gasteiger partial charge in [0.25, 0.3) is 0 Å². The summed E-state index contributed by atoms with van der Waals surface area (Å²) in [7, 11) is 4.00. The Labute approximate surface area is 141 Å². The van der Waals surface area contributed by atoms with Crippen LogP contribution in [0.1, 0.15) is 12.8 Å². The molecule has 2 aromatic heterocycles. The summed E-state index contributed by atoms with van der Waals surface area (Å²) >= 11 is 4.79. The Hall–Kier alpha value is -0.900. The normalized spacial score (nSPS) is 20.7. The van der Waals surface area contributed by atoms with Gasteiger partial charge in [-0.05, 0) is 35.8 Å². The monoisotopic (exact) mass is 383 g/mol. The first-order valence-corrected chi connectivity index (χ1v) is 8.84. The molecule has 1 spiro atoms. The standard InChI is InChI=1S/C13H18BrN7S/c1-19-10-9(11(14)18-19)16-7-17-12(10)21-5-13(6-21)3-8(4-13)20(2)22-15/h7-8H,3-6,15H2,1-2H3. The molecule has 3 heterocycles. The van der Waals surface area contributed by atoms with Crippen LogP contribution in [0.2, 0.25) is 0 Å². The van der Waals surface area contributed by atoms with Crippen LogP contribution in [-0.4, -0.2) is 50.2 Å². The smallest absolute Gasteiger partial charge is 0.158 e. The Kier molecular flexibility index (Phi) is 3.37. The van der Waals surface area contributed by atoms with E-state index in [2.05, 4.69) is 47.2 Å². The summed E-state index contributed by atoms with van der Waals surface area (Å²) in [5, 5.41) is 10.0. The van der Waals surface area contributed by atoms with Crippen LogP contribution in [0.15, 0.2) is 10.9 Å². The van der Waals surface area contributed by atoms with Crippen LogP contribution in [0.25, 0.3) is 11.0 Å². The van der Waals surface area contributed by atoms with Gasteiger partial charge in [-0.25, -0.2) is 14.3 Å². The van der Waals surface area contributed by atoms with E-state index in [1.807, 2.05) is 11.7 Å². The summed E-state index contributed by atoms with van der Waals surface area (Å²) in [5.74, 6) is 0.987. The molecule has 22 heavy (non-hydrogen) atoms. The number of fused-ring (bicyclic) bond motifs is 1. The lowest BCUT2D eigenvalue weighted by atomic mass is 9.60. The average Bonchev–Trinajstić information content (AvgIpc) is 2.71. The summed E-state index contributed by atoms with van der Waals surface area (Å²) in [5.41, 5.74) is 2.32. The van der Waals surface area contributed by atoms with Gasteiger partial charge in [0.1, 0.15) is 17.4 Å². The van der Waals surface area contributed by atoms with Crippen LogP contribution in [0, 0.1) is 5.41 Å². The minimum absolute atomic E-state index is 0.446. The maximum atomic E-state index is 5.63. The molecular formula is C13H18BrN7S. The van der Waals surface area contributed by atoms with Crippen LogP contribution >= 0.6 is 28.1 Å². The number of aryl methyl sites for hydroxylation is 1. The fourth-order valence-corrected chi connectivity index (χ4v) is 4.58. The SMILES string of the molecule is CN(SN)C1CC2(C1)CN(c1ncnc3c(Br)nn(C)c13)C2. The van der Waals surface area contributed by atoms with E-state index in [-0.39, 0.29) is 0 Å². The van der Waals surface area contributed by atoms with Crippen molar-refractivity contribution in [3.8, 4) is 0 Å². The molecule has 9 heteroatoms. The first-order chi connectivity index (χ1) is 10.5. The number of hydrogen-bond acceptors (Lipinski definition) is 7. The number of aromatic nitrogens is 4. The van der Waals surface area contributed by atoms with Gasteiger partial charge in [0.2, 0.25) is 0 Å². The van der Waals surface area contributed by atoms with E-state index in [0.29, 0.717) is 11.5 Å². The van der Waals surface area contributed by atoms with Crippen molar-refractivity contribution in [1.29, 1.82) is 0 Å². The maximum absolute atomic E-state index is 5.63. The van der Waals surface area contributed by atoms with Crippen molar-refractivity contribution in [1.82, 2.24) is 24.1 Å². The minimum Gasteiger partial charge on any atom is -0.353 e. The van der Waals surface area contributed by atoms with E-state index in [0.717, 1.165) is 34.5 Å². The van der Waals surface area contributed by atoms with Gasteiger partial charge in [0.15, 0.2) is 10.4 Å². The predicted octanol–water partition coefficient (Wildman–Crippen LogP) is 1.55. The molecule has 1 aliphatic carbocycles. The van der Waals surface area contributed by atoms with Crippen molar-refractivity contribution in [2.24, 2.45) is 17.6 Å². The second kappa shape index (κ2) is 5.05. The first kappa shape index (κ1) is 14.7. The summed E-state index contributed by atoms with van der Waals surface area (Å²) in [6.07, 6.45) is 4.05. The summed E-state index contributed by atoms with van der Waals surface area (Å²) in [6, 6.07) is 0.605. The van der Waals surface area contributed by atoms with E-state index in [4.69, 9.17) is 5.14 Å². The molecular weight excluding hydrogens is 366 g/mol. The Morgan fingerprint density at radius 3 is 2.82 bits per heavy atom. The minimum atomic E-state index is 0.446. The van der Waals surface area contributed by atoms with Gasteiger partial charge in [0.05, 0.1) is 0 Å². The van der Waals surface area contributed by atoms with Crippen molar-refractivity contribution in [3.63, 3.8) is 0 Å². The highest BCUT2D eigenvalue weighted by Gasteiger charge is 2.54. The lowest BCUT2D eigenvalue weighted by Gasteiger charge is -2.60. The van der Waals surface area contributed by atoms with Crippen LogP contribution in [0.5, 0.6) is 0 Å². The van der Waals surface area contributed by atoms with Crippen LogP contribution < -0.4 is 10.0 Å². The van der Waals surface area contributed by atoms with Gasteiger partial charge in [-0.3, -0.25) is 9.82 Å². The second-order valence-corrected chi connectivity index (χ2v) is 7.92. The van der Waals surface area contributed by atoms with Gasteiger partial charge in [-0.1, -0.05) is 0 Å². The molecule has 0 radical (unpaired) electrons. The number of halogens is 1. The lowest BCUT2D eigenvalue weighted by Crippen LogP contribution is -2.66. The molecule has 7 nitrogen and oxygen atoms in total. The largest absolute Gasteiger partial charge is 0.353 e. The topological polar surface area (TPSA) is 76.1 Å². The molecule has 0 amide bonds. The number of anilines is 1. The molecule has 1 saturated heterocycles. The van der Waals surface area contributed by atoms with E-state index in [1.54, 1.807) is 6.33 Å². The summed E-state index contributed by atoms with van der Waals surface area (Å²) in [6.45, 7) is 2.11. The molecule has 2 fully saturated rings. The zero-order valence-corrected chi connectivity index (χ0v) is 14.9. The van der Waals surface area contributed by atoms with Gasteiger partial charge >= 0.3 is 0 Å². The predicted molar refractivity (Wildman–Crippen MR) is 91.2 cm³/mol. The molecule has 4 rings (SSSR count). The highest BCUT2D eigenvalue weighted by atomic mass is 79.9. The van der Waals surface area contributed by atoms with Crippen molar-refractivity contribution in [2.75, 3.05) is 25.0 Å². The van der Waals surface area contributed by atoms with E-state index >= 15 is 0 Å². The fourth-order valence-electron chi connectivity index (χ4n) is 3.73. The Morgan fingerprint density at radius 1 is 1.41 bits per heavy atom. The van der Waals surface area contributed by atoms with Crippen molar-refractivity contribution in [2.45, 2.75) is 18.9 Å². The van der Waals surface area contributed by atoms with Gasteiger partial charge in [0, 0.05) is 43.7 Å². The Bertz CT molecular complexity index is 718. The van der Waals surface area contributed by atoms with Crippen molar-refractivity contribution >= 4 is 44.9 Å². The second-order valence-electron chi connectivity index (χ2n) is 6.38. The highest BCUT2D eigenvalue weighted by molar-refractivity contribution is 9.10. The van der Waals surface area contributed by atoms with Gasteiger partial charge in [-0.2, -0.15) is 5.10 Å². The molecule has 0 atom stereocenters. The molecule has 2 aromatic rings. The quantitative estimate of drug-likeness (QED) is 0.805. The lowest BCUT2D eigenvalue weighted by molar-refractivity contribution is 0.0240. The third-order valence-corrected chi connectivity index (χ3v) is 6.09. The number of hydrogen-bond donors (Lipinski definition) is 1. The zero-order valence-electron chi connectivity index (χ0n) is 12.5. The number of nitrogens with zero attached hydrogens (tertiary/aromatic N) is 6. The molecule has 118 valence electrons. The Morgan fingerprint density at radius 2 is 2.14 bits per heavy atom. The van der Waals surface area contributed by atoms with Crippen LogP contribution in [0.3, 0.4) is 0 Å². The zero-order chi connectivity index (χ0) is 15.5. The van der Waals surface area contributed by atoms with Crippen molar-refractivity contribution < 1.29 is 0 Å². The molecule has 0 aromatic carbocycles. The first-order valence-electron chi connectivity index (χ1n) is 7.21. The van der Waals surface area contributed by atoms with E-state index < -0.39 is 0 Å². The molecule has 2 N–H and O–H groups in total. The van der Waals surface area contributed by atoms with Crippen molar-refractivity contribution in [3.05, 3.63) is 10.9 Å². The van der Waals surface area contributed by atoms with Gasteiger partial charge in [-0.15, -0.1) is 0 Å². The summed E-state index contributed by atoms with van der Waals surface area (Å²) in [4.78, 5) is 11.2. The molecule has 1 saturated carbocycles. The fraction of sp³-hybridized carbons (Fsp3) is 0.615. The van der Waals surface area contributed by atoms with E-state index in [1.165, 1.54) is 25.0 Å². The average molecular weight is 384 g/mol. The Balaban J connectivity index is 1.53. The number of rotatable bonds is 3. The molecule has 0 bridgehead atoms. The molecule has 1 aliphatic heterocycles. The third-order valence-electron chi connectivity index (χ3n) is 4.93. The highest BCUT2D eigenvalue weighted by Crippen LogP contribution is 2.52. The van der Waals surface area contributed by atoms with Gasteiger partial charge < -0.3 is 4.90 Å². The maximum Gasteiger partial charge on any atom is 0.158 e. The molecule has 0 unspecified atom stereocenters. The third kappa shape index (κ3) is 2.06. The van der Waals surface area contributed by atoms with Crippen LogP contribution in [-0.2, 0) is 7.05 Å².